The summed E-state index contributed by atoms with van der Waals surface area (Å²) >= 11 is 4.69. The molecule has 0 aliphatic carbocycles. The average molecular weight is 241 g/mol. The highest BCUT2D eigenvalue weighted by molar-refractivity contribution is 7.80. The lowest BCUT2D eigenvalue weighted by Gasteiger charge is -2.25. The first-order valence-corrected chi connectivity index (χ1v) is 5.22. The molecule has 1 aromatic rings. The highest BCUT2D eigenvalue weighted by Crippen LogP contribution is 2.17. The van der Waals surface area contributed by atoms with E-state index in [9.17, 15) is 5.11 Å². The Morgan fingerprint density at radius 2 is 2.19 bits per heavy atom. The van der Waals surface area contributed by atoms with Crippen LogP contribution in [0.1, 0.15) is 25.2 Å². The molecule has 0 spiro atoms. The van der Waals surface area contributed by atoms with Crippen LogP contribution in [-0.2, 0) is 0 Å². The molecule has 88 valence electrons. The van der Waals surface area contributed by atoms with Gasteiger partial charge in [-0.3, -0.25) is 0 Å². The van der Waals surface area contributed by atoms with E-state index < -0.39 is 5.54 Å². The molecule has 0 amide bonds. The van der Waals surface area contributed by atoms with Gasteiger partial charge in [0.1, 0.15) is 11.6 Å². The summed E-state index contributed by atoms with van der Waals surface area (Å²) < 4.78 is 0. The number of rotatable bonds is 4. The summed E-state index contributed by atoms with van der Waals surface area (Å²) in [6, 6.07) is 0. The Morgan fingerprint density at radius 3 is 2.69 bits per heavy atom. The number of aromatic nitrogens is 2. The van der Waals surface area contributed by atoms with Crippen molar-refractivity contribution >= 4 is 23.1 Å². The van der Waals surface area contributed by atoms with E-state index in [1.54, 1.807) is 6.92 Å². The molecule has 0 saturated carbocycles. The molecular formula is C10H15N3O2S. The molecule has 0 aliphatic rings. The van der Waals surface area contributed by atoms with Crippen LogP contribution >= 0.6 is 12.2 Å². The van der Waals surface area contributed by atoms with Gasteiger partial charge in [0.15, 0.2) is 5.05 Å². The number of hydrogen-bond donors (Lipinski definition) is 3. The molecule has 1 rings (SSSR count). The number of thiocarbonyl (C=S) groups is 1. The van der Waals surface area contributed by atoms with E-state index in [2.05, 4.69) is 15.3 Å². The molecule has 0 aromatic carbocycles. The first-order valence-electron chi connectivity index (χ1n) is 4.82. The zero-order valence-corrected chi connectivity index (χ0v) is 10.3. The largest absolute Gasteiger partial charge is 0.498 e. The lowest BCUT2D eigenvalue weighted by molar-refractivity contribution is 0.234. The SMILES string of the molecule is Cc1ncc(C(O)=S)c(NC(C)(C)CO)n1. The van der Waals surface area contributed by atoms with Crippen molar-refractivity contribution in [1.29, 1.82) is 0 Å². The maximum absolute atomic E-state index is 9.31. The van der Waals surface area contributed by atoms with Gasteiger partial charge in [-0.1, -0.05) is 0 Å². The Kier molecular flexibility index (Phi) is 3.77. The van der Waals surface area contributed by atoms with E-state index in [4.69, 9.17) is 17.3 Å². The number of nitrogens with one attached hydrogen (secondary N) is 1. The molecular weight excluding hydrogens is 226 g/mol. The van der Waals surface area contributed by atoms with Gasteiger partial charge in [0.25, 0.3) is 0 Å². The molecule has 0 bridgehead atoms. The van der Waals surface area contributed by atoms with Gasteiger partial charge in [-0.15, -0.1) is 0 Å². The standard InChI is InChI=1S/C10H15N3O2S/c1-6-11-4-7(9(15)16)8(12-6)13-10(2,3)5-14/h4,14H,5H2,1-3H3,(H,15,16)(H,11,12,13). The Balaban J connectivity index is 3.10. The van der Waals surface area contributed by atoms with Crippen LogP contribution in [-0.4, -0.2) is 37.4 Å². The van der Waals surface area contributed by atoms with Crippen LogP contribution in [0.4, 0.5) is 5.82 Å². The zero-order chi connectivity index (χ0) is 12.3. The summed E-state index contributed by atoms with van der Waals surface area (Å²) in [6.07, 6.45) is 1.46. The Morgan fingerprint density at radius 1 is 1.56 bits per heavy atom. The molecule has 0 atom stereocenters. The van der Waals surface area contributed by atoms with Gasteiger partial charge in [-0.05, 0) is 33.0 Å². The second-order valence-electron chi connectivity index (χ2n) is 4.15. The van der Waals surface area contributed by atoms with Crippen LogP contribution in [0, 0.1) is 6.92 Å². The minimum atomic E-state index is -0.541. The van der Waals surface area contributed by atoms with Crippen LogP contribution < -0.4 is 5.32 Å². The number of nitrogens with zero attached hydrogens (tertiary/aromatic N) is 2. The fourth-order valence-corrected chi connectivity index (χ4v) is 1.23. The predicted molar refractivity (Wildman–Crippen MR) is 65.9 cm³/mol. The zero-order valence-electron chi connectivity index (χ0n) is 9.48. The van der Waals surface area contributed by atoms with Gasteiger partial charge in [-0.25, -0.2) is 9.97 Å². The Bertz CT molecular complexity index is 407. The highest BCUT2D eigenvalue weighted by atomic mass is 32.1. The number of aliphatic hydroxyl groups excluding tert-OH is 2. The quantitative estimate of drug-likeness (QED) is 0.688. The van der Waals surface area contributed by atoms with Crippen LogP contribution in [0.25, 0.3) is 0 Å². The van der Waals surface area contributed by atoms with Crippen molar-refractivity contribution in [2.24, 2.45) is 0 Å². The summed E-state index contributed by atoms with van der Waals surface area (Å²) in [6.45, 7) is 5.30. The van der Waals surface area contributed by atoms with Gasteiger partial charge in [0.05, 0.1) is 17.7 Å². The summed E-state index contributed by atoms with van der Waals surface area (Å²) in [5.41, 5.74) is -0.178. The smallest absolute Gasteiger partial charge is 0.194 e. The van der Waals surface area contributed by atoms with Crippen molar-refractivity contribution in [1.82, 2.24) is 9.97 Å². The van der Waals surface area contributed by atoms with Crippen LogP contribution in [0.15, 0.2) is 6.20 Å². The third-order valence-electron chi connectivity index (χ3n) is 1.99. The molecule has 1 aromatic heterocycles. The number of hydrogen-bond acceptors (Lipinski definition) is 5. The van der Waals surface area contributed by atoms with Gasteiger partial charge < -0.3 is 15.5 Å². The third kappa shape index (κ3) is 3.11. The minimum Gasteiger partial charge on any atom is -0.498 e. The summed E-state index contributed by atoms with van der Waals surface area (Å²) in [5, 5.41) is 21.2. The monoisotopic (exact) mass is 241 g/mol. The van der Waals surface area contributed by atoms with Crippen molar-refractivity contribution < 1.29 is 10.2 Å². The molecule has 0 unspecified atom stereocenters. The van der Waals surface area contributed by atoms with Crippen molar-refractivity contribution in [2.75, 3.05) is 11.9 Å². The Labute approximate surface area is 99.6 Å². The molecule has 0 saturated heterocycles. The summed E-state index contributed by atoms with van der Waals surface area (Å²) in [4.78, 5) is 8.10. The van der Waals surface area contributed by atoms with E-state index in [0.717, 1.165) is 0 Å². The van der Waals surface area contributed by atoms with E-state index >= 15 is 0 Å². The topological polar surface area (TPSA) is 78.3 Å². The minimum absolute atomic E-state index is 0.0618. The van der Waals surface area contributed by atoms with Crippen LogP contribution in [0.3, 0.4) is 0 Å². The van der Waals surface area contributed by atoms with E-state index in [-0.39, 0.29) is 11.7 Å². The first-order chi connectivity index (χ1) is 7.35. The van der Waals surface area contributed by atoms with Crippen LogP contribution in [0.5, 0.6) is 0 Å². The fraction of sp³-hybridized carbons (Fsp3) is 0.500. The van der Waals surface area contributed by atoms with E-state index in [0.29, 0.717) is 17.2 Å². The molecule has 0 fully saturated rings. The van der Waals surface area contributed by atoms with Gasteiger partial charge in [0.2, 0.25) is 0 Å². The molecule has 0 radical (unpaired) electrons. The van der Waals surface area contributed by atoms with Gasteiger partial charge in [0, 0.05) is 6.20 Å². The normalized spacial score (nSPS) is 11.2. The third-order valence-corrected chi connectivity index (χ3v) is 2.21. The number of aryl methyl sites for hydroxylation is 1. The fourth-order valence-electron chi connectivity index (χ4n) is 1.08. The molecule has 5 nitrogen and oxygen atoms in total. The molecule has 16 heavy (non-hydrogen) atoms. The molecule has 0 aliphatic heterocycles. The molecule has 1 heterocycles. The maximum atomic E-state index is 9.31. The first kappa shape index (κ1) is 12.8. The Hall–Kier alpha value is -1.27. The number of aliphatic hydroxyl groups is 2. The lowest BCUT2D eigenvalue weighted by atomic mass is 10.1. The molecule has 6 heteroatoms. The maximum Gasteiger partial charge on any atom is 0.194 e. The average Bonchev–Trinajstić information content (AvgIpc) is 2.16. The molecule has 3 N–H and O–H groups in total. The predicted octanol–water partition coefficient (Wildman–Crippen LogP) is 1.20. The van der Waals surface area contributed by atoms with Crippen LogP contribution in [0.2, 0.25) is 0 Å². The van der Waals surface area contributed by atoms with Gasteiger partial charge in [-0.2, -0.15) is 0 Å². The van der Waals surface area contributed by atoms with Crippen molar-refractivity contribution in [2.45, 2.75) is 26.3 Å². The van der Waals surface area contributed by atoms with Crippen molar-refractivity contribution in [3.63, 3.8) is 0 Å². The highest BCUT2D eigenvalue weighted by Gasteiger charge is 2.20. The summed E-state index contributed by atoms with van der Waals surface area (Å²) in [7, 11) is 0. The van der Waals surface area contributed by atoms with Crippen molar-refractivity contribution in [3.8, 4) is 0 Å². The van der Waals surface area contributed by atoms with Gasteiger partial charge >= 0.3 is 0 Å². The van der Waals surface area contributed by atoms with E-state index in [1.807, 2.05) is 13.8 Å². The van der Waals surface area contributed by atoms with E-state index in [1.165, 1.54) is 6.20 Å². The number of anilines is 1. The second kappa shape index (κ2) is 4.71. The second-order valence-corrected chi connectivity index (χ2v) is 4.54. The lowest BCUT2D eigenvalue weighted by Crippen LogP contribution is -2.36. The summed E-state index contributed by atoms with van der Waals surface area (Å²) in [5.74, 6) is 0.996. The van der Waals surface area contributed by atoms with Crippen molar-refractivity contribution in [3.05, 3.63) is 17.6 Å².